The second kappa shape index (κ2) is 3.04. The highest BCUT2D eigenvalue weighted by Crippen LogP contribution is 2.18. The SMILES string of the molecule is [CH2-][C@H]1O[C@H](O)[C@@H](O)[C@@H](O)[C@@H]1O. The summed E-state index contributed by atoms with van der Waals surface area (Å²) >= 11 is 0. The van der Waals surface area contributed by atoms with E-state index < -0.39 is 30.7 Å². The summed E-state index contributed by atoms with van der Waals surface area (Å²) in [6, 6.07) is 0. The highest BCUT2D eigenvalue weighted by molar-refractivity contribution is 4.89. The van der Waals surface area contributed by atoms with Gasteiger partial charge in [-0.1, -0.05) is 0 Å². The minimum atomic E-state index is -1.48. The lowest BCUT2D eigenvalue weighted by atomic mass is 10.0. The van der Waals surface area contributed by atoms with Gasteiger partial charge in [0.25, 0.3) is 0 Å². The molecule has 11 heavy (non-hydrogen) atoms. The molecule has 0 aliphatic carbocycles. The third-order valence-electron chi connectivity index (χ3n) is 1.69. The van der Waals surface area contributed by atoms with Crippen LogP contribution in [-0.4, -0.2) is 51.1 Å². The third kappa shape index (κ3) is 1.52. The zero-order valence-electron chi connectivity index (χ0n) is 5.79. The predicted octanol–water partition coefficient (Wildman–Crippen LogP) is -2.38. The van der Waals surface area contributed by atoms with Crippen LogP contribution in [0, 0.1) is 6.92 Å². The van der Waals surface area contributed by atoms with E-state index in [4.69, 9.17) is 20.4 Å². The van der Waals surface area contributed by atoms with Gasteiger partial charge in [-0.05, 0) is 6.10 Å². The zero-order valence-corrected chi connectivity index (χ0v) is 5.79. The first-order valence-electron chi connectivity index (χ1n) is 3.25. The molecule has 66 valence electrons. The van der Waals surface area contributed by atoms with Gasteiger partial charge < -0.3 is 32.1 Å². The lowest BCUT2D eigenvalue weighted by molar-refractivity contribution is -0.271. The van der Waals surface area contributed by atoms with E-state index in [9.17, 15) is 0 Å². The van der Waals surface area contributed by atoms with E-state index in [1.54, 1.807) is 0 Å². The van der Waals surface area contributed by atoms with E-state index >= 15 is 0 Å². The summed E-state index contributed by atoms with van der Waals surface area (Å²) in [5, 5.41) is 35.8. The Kier molecular flexibility index (Phi) is 2.46. The van der Waals surface area contributed by atoms with E-state index in [2.05, 4.69) is 11.7 Å². The van der Waals surface area contributed by atoms with Crippen LogP contribution < -0.4 is 0 Å². The topological polar surface area (TPSA) is 90.2 Å². The lowest BCUT2D eigenvalue weighted by Crippen LogP contribution is -2.56. The standard InChI is InChI=1S/C6H11O5/c1-2-3(7)4(8)5(9)6(10)11-2/h2-10H,1H2/q-1/t2-,3-,4+,5+,6+/m1/s1. The van der Waals surface area contributed by atoms with Crippen LogP contribution in [0.5, 0.6) is 0 Å². The first kappa shape index (κ1) is 8.89. The fraction of sp³-hybridized carbons (Fsp3) is 0.833. The normalized spacial score (nSPS) is 52.6. The summed E-state index contributed by atoms with van der Waals surface area (Å²) in [7, 11) is 0. The summed E-state index contributed by atoms with van der Waals surface area (Å²) in [5.74, 6) is 0. The maximum absolute atomic E-state index is 9.03. The number of hydrogen-bond acceptors (Lipinski definition) is 5. The van der Waals surface area contributed by atoms with Gasteiger partial charge in [0.05, 0.1) is 6.10 Å². The van der Waals surface area contributed by atoms with Gasteiger partial charge in [-0.25, -0.2) is 0 Å². The van der Waals surface area contributed by atoms with Crippen molar-refractivity contribution in [2.75, 3.05) is 0 Å². The van der Waals surface area contributed by atoms with Crippen LogP contribution in [0.15, 0.2) is 0 Å². The molecular formula is C6H11O5-. The molecule has 1 rings (SSSR count). The van der Waals surface area contributed by atoms with Crippen molar-refractivity contribution in [2.45, 2.75) is 30.7 Å². The molecule has 1 saturated heterocycles. The molecular weight excluding hydrogens is 152 g/mol. The minimum Gasteiger partial charge on any atom is -0.390 e. The molecule has 0 saturated carbocycles. The van der Waals surface area contributed by atoms with Crippen molar-refractivity contribution < 1.29 is 25.2 Å². The maximum atomic E-state index is 9.03. The van der Waals surface area contributed by atoms with Crippen LogP contribution in [0.25, 0.3) is 0 Å². The molecule has 0 aromatic carbocycles. The van der Waals surface area contributed by atoms with Gasteiger partial charge in [-0.2, -0.15) is 0 Å². The molecule has 0 spiro atoms. The molecule has 4 N–H and O–H groups in total. The van der Waals surface area contributed by atoms with Crippen molar-refractivity contribution in [3.63, 3.8) is 0 Å². The van der Waals surface area contributed by atoms with Gasteiger partial charge in [-0.15, -0.1) is 0 Å². The molecule has 0 radical (unpaired) electrons. The van der Waals surface area contributed by atoms with Crippen LogP contribution in [0.1, 0.15) is 0 Å². The van der Waals surface area contributed by atoms with Gasteiger partial charge in [0.15, 0.2) is 6.29 Å². The van der Waals surface area contributed by atoms with Gasteiger partial charge >= 0.3 is 0 Å². The first-order valence-corrected chi connectivity index (χ1v) is 3.25. The lowest BCUT2D eigenvalue weighted by Gasteiger charge is -2.40. The summed E-state index contributed by atoms with van der Waals surface area (Å²) in [6.45, 7) is 3.31. The summed E-state index contributed by atoms with van der Waals surface area (Å²) in [4.78, 5) is 0. The summed E-state index contributed by atoms with van der Waals surface area (Å²) in [5.41, 5.74) is 0. The van der Waals surface area contributed by atoms with Crippen LogP contribution >= 0.6 is 0 Å². The number of hydrogen-bond donors (Lipinski definition) is 4. The highest BCUT2D eigenvalue weighted by Gasteiger charge is 2.37. The molecule has 5 nitrogen and oxygen atoms in total. The Bertz CT molecular complexity index is 125. The number of rotatable bonds is 0. The van der Waals surface area contributed by atoms with Crippen LogP contribution in [0.4, 0.5) is 0 Å². The Morgan fingerprint density at radius 3 is 2.00 bits per heavy atom. The minimum absolute atomic E-state index is 0.914. The third-order valence-corrected chi connectivity index (χ3v) is 1.69. The first-order chi connectivity index (χ1) is 5.04. The summed E-state index contributed by atoms with van der Waals surface area (Å²) in [6.07, 6.45) is -6.52. The Hall–Kier alpha value is -0.200. The van der Waals surface area contributed by atoms with Crippen molar-refractivity contribution in [3.8, 4) is 0 Å². The van der Waals surface area contributed by atoms with Gasteiger partial charge in [0.2, 0.25) is 0 Å². The molecule has 1 fully saturated rings. The van der Waals surface area contributed by atoms with Crippen LogP contribution in [-0.2, 0) is 4.74 Å². The highest BCUT2D eigenvalue weighted by atomic mass is 16.6. The number of ether oxygens (including phenoxy) is 1. The van der Waals surface area contributed by atoms with E-state index in [1.165, 1.54) is 0 Å². The molecule has 0 bridgehead atoms. The monoisotopic (exact) mass is 163 g/mol. The molecule has 1 aliphatic rings. The fourth-order valence-electron chi connectivity index (χ4n) is 0.931. The second-order valence-corrected chi connectivity index (χ2v) is 2.54. The average Bonchev–Trinajstić information content (AvgIpc) is 1.97. The van der Waals surface area contributed by atoms with Crippen molar-refractivity contribution in [1.82, 2.24) is 0 Å². The van der Waals surface area contributed by atoms with E-state index in [0.717, 1.165) is 0 Å². The number of aliphatic hydroxyl groups is 4. The Morgan fingerprint density at radius 1 is 0.909 bits per heavy atom. The molecule has 0 aromatic heterocycles. The zero-order chi connectivity index (χ0) is 8.59. The van der Waals surface area contributed by atoms with Crippen LogP contribution in [0.3, 0.4) is 0 Å². The second-order valence-electron chi connectivity index (χ2n) is 2.54. The largest absolute Gasteiger partial charge is 0.390 e. The van der Waals surface area contributed by atoms with E-state index in [1.807, 2.05) is 0 Å². The van der Waals surface area contributed by atoms with E-state index in [-0.39, 0.29) is 0 Å². The molecule has 0 unspecified atom stereocenters. The van der Waals surface area contributed by atoms with E-state index in [0.29, 0.717) is 0 Å². The Labute approximate surface area is 63.8 Å². The van der Waals surface area contributed by atoms with Gasteiger partial charge in [-0.3, -0.25) is 0 Å². The fourth-order valence-corrected chi connectivity index (χ4v) is 0.931. The van der Waals surface area contributed by atoms with Crippen molar-refractivity contribution in [1.29, 1.82) is 0 Å². The molecule has 5 atom stereocenters. The molecule has 5 heteroatoms. The van der Waals surface area contributed by atoms with Crippen molar-refractivity contribution in [2.24, 2.45) is 0 Å². The number of aliphatic hydroxyl groups excluding tert-OH is 4. The van der Waals surface area contributed by atoms with Gasteiger partial charge in [0.1, 0.15) is 12.2 Å². The molecule has 1 aliphatic heterocycles. The quantitative estimate of drug-likeness (QED) is 0.299. The smallest absolute Gasteiger partial charge is 0.181 e. The average molecular weight is 163 g/mol. The van der Waals surface area contributed by atoms with Gasteiger partial charge in [0, 0.05) is 0 Å². The molecule has 0 amide bonds. The molecule has 0 aromatic rings. The summed E-state index contributed by atoms with van der Waals surface area (Å²) < 4.78 is 4.57. The van der Waals surface area contributed by atoms with Crippen molar-refractivity contribution >= 4 is 0 Å². The predicted molar refractivity (Wildman–Crippen MR) is 34.3 cm³/mol. The maximum Gasteiger partial charge on any atom is 0.181 e. The van der Waals surface area contributed by atoms with Crippen molar-refractivity contribution in [3.05, 3.63) is 6.92 Å². The van der Waals surface area contributed by atoms with Crippen LogP contribution in [0.2, 0.25) is 0 Å². The Morgan fingerprint density at radius 2 is 1.45 bits per heavy atom. The Balaban J connectivity index is 2.63. The molecule has 1 heterocycles.